The minimum atomic E-state index is -0.313. The lowest BCUT2D eigenvalue weighted by molar-refractivity contribution is 0.0472. The first-order chi connectivity index (χ1) is 12.7. The van der Waals surface area contributed by atoms with E-state index < -0.39 is 0 Å². The van der Waals surface area contributed by atoms with Gasteiger partial charge < -0.3 is 9.47 Å². The summed E-state index contributed by atoms with van der Waals surface area (Å²) in [6.07, 6.45) is 0. The molecule has 0 aliphatic carbocycles. The number of hydrogen-bond acceptors (Lipinski definition) is 6. The summed E-state index contributed by atoms with van der Waals surface area (Å²) in [4.78, 5) is 17.0. The van der Waals surface area contributed by atoms with Gasteiger partial charge in [0.1, 0.15) is 16.7 Å². The molecule has 2 aromatic carbocycles. The molecule has 0 radical (unpaired) electrons. The Morgan fingerprint density at radius 3 is 2.62 bits per heavy atom. The number of rotatable bonds is 7. The second-order valence-corrected chi connectivity index (χ2v) is 7.71. The lowest BCUT2D eigenvalue weighted by atomic mass is 10.1. The number of aryl methyl sites for hydroxylation is 1. The van der Waals surface area contributed by atoms with Gasteiger partial charge in [-0.15, -0.1) is 11.3 Å². The van der Waals surface area contributed by atoms with Crippen LogP contribution in [0.4, 0.5) is 0 Å². The maximum atomic E-state index is 12.5. The standard InChI is InChI=1S/C20H19NO3S2/c1-14-12-25-20(21-14)26-13-16-5-3-4-6-18(16)19(22)24-11-15-7-9-17(23-2)10-8-15/h3-10,12H,11,13H2,1-2H3. The third kappa shape index (κ3) is 4.86. The molecule has 0 aliphatic heterocycles. The zero-order valence-corrected chi connectivity index (χ0v) is 16.2. The summed E-state index contributed by atoms with van der Waals surface area (Å²) in [7, 11) is 1.62. The van der Waals surface area contributed by atoms with Crippen LogP contribution in [0.2, 0.25) is 0 Å². The fourth-order valence-electron chi connectivity index (χ4n) is 2.33. The molecular weight excluding hydrogens is 366 g/mol. The predicted octanol–water partition coefficient (Wildman–Crippen LogP) is 5.11. The van der Waals surface area contributed by atoms with Gasteiger partial charge in [-0.3, -0.25) is 0 Å². The third-order valence-electron chi connectivity index (χ3n) is 3.72. The van der Waals surface area contributed by atoms with E-state index in [-0.39, 0.29) is 12.6 Å². The Hall–Kier alpha value is -2.31. The predicted molar refractivity (Wildman–Crippen MR) is 105 cm³/mol. The van der Waals surface area contributed by atoms with Crippen LogP contribution in [0.3, 0.4) is 0 Å². The minimum absolute atomic E-state index is 0.232. The maximum Gasteiger partial charge on any atom is 0.338 e. The van der Waals surface area contributed by atoms with Gasteiger partial charge >= 0.3 is 5.97 Å². The van der Waals surface area contributed by atoms with E-state index in [1.54, 1.807) is 36.3 Å². The highest BCUT2D eigenvalue weighted by molar-refractivity contribution is 8.00. The van der Waals surface area contributed by atoms with Crippen molar-refractivity contribution in [2.24, 2.45) is 0 Å². The highest BCUT2D eigenvalue weighted by Gasteiger charge is 2.13. The number of hydrogen-bond donors (Lipinski definition) is 0. The van der Waals surface area contributed by atoms with E-state index in [9.17, 15) is 4.79 Å². The van der Waals surface area contributed by atoms with Crippen LogP contribution >= 0.6 is 23.1 Å². The molecule has 1 heterocycles. The van der Waals surface area contributed by atoms with Crippen LogP contribution in [-0.2, 0) is 17.1 Å². The van der Waals surface area contributed by atoms with Gasteiger partial charge in [-0.05, 0) is 36.2 Å². The van der Waals surface area contributed by atoms with Crippen LogP contribution in [0.15, 0.2) is 58.3 Å². The Balaban J connectivity index is 1.63. The first-order valence-corrected chi connectivity index (χ1v) is 9.95. The summed E-state index contributed by atoms with van der Waals surface area (Å²) in [6.45, 7) is 2.21. The third-order valence-corrected chi connectivity index (χ3v) is 5.90. The number of thiazole rings is 1. The Morgan fingerprint density at radius 2 is 1.92 bits per heavy atom. The van der Waals surface area contributed by atoms with Crippen LogP contribution in [0.25, 0.3) is 0 Å². The molecule has 0 bridgehead atoms. The molecule has 3 rings (SSSR count). The van der Waals surface area contributed by atoms with Crippen LogP contribution < -0.4 is 4.74 Å². The molecule has 0 N–H and O–H groups in total. The molecule has 0 amide bonds. The number of carbonyl (C=O) groups is 1. The molecule has 0 saturated heterocycles. The van der Waals surface area contributed by atoms with Gasteiger partial charge in [0.2, 0.25) is 0 Å². The van der Waals surface area contributed by atoms with E-state index in [4.69, 9.17) is 9.47 Å². The van der Waals surface area contributed by atoms with E-state index in [1.807, 2.05) is 54.8 Å². The molecule has 4 nitrogen and oxygen atoms in total. The van der Waals surface area contributed by atoms with E-state index in [0.717, 1.165) is 26.9 Å². The van der Waals surface area contributed by atoms with Gasteiger partial charge in [0.25, 0.3) is 0 Å². The van der Waals surface area contributed by atoms with Crippen LogP contribution in [0.5, 0.6) is 5.75 Å². The minimum Gasteiger partial charge on any atom is -0.497 e. The van der Waals surface area contributed by atoms with Gasteiger partial charge in [0.05, 0.1) is 12.7 Å². The summed E-state index contributed by atoms with van der Waals surface area (Å²) in [5.41, 5.74) is 3.49. The Bertz CT molecular complexity index is 875. The van der Waals surface area contributed by atoms with E-state index in [2.05, 4.69) is 4.98 Å². The Kier molecular flexibility index (Phi) is 6.30. The molecule has 3 aromatic rings. The van der Waals surface area contributed by atoms with Crippen molar-refractivity contribution in [1.29, 1.82) is 0 Å². The molecule has 6 heteroatoms. The van der Waals surface area contributed by atoms with Crippen molar-refractivity contribution in [1.82, 2.24) is 4.98 Å². The first kappa shape index (κ1) is 18.5. The number of benzene rings is 2. The van der Waals surface area contributed by atoms with Crippen molar-refractivity contribution in [3.05, 3.63) is 76.3 Å². The average Bonchev–Trinajstić information content (AvgIpc) is 3.10. The number of methoxy groups -OCH3 is 1. The molecule has 0 atom stereocenters. The number of carbonyl (C=O) groups excluding carboxylic acids is 1. The molecule has 26 heavy (non-hydrogen) atoms. The zero-order valence-electron chi connectivity index (χ0n) is 14.6. The van der Waals surface area contributed by atoms with Crippen LogP contribution in [0, 0.1) is 6.92 Å². The molecule has 0 unspecified atom stereocenters. The smallest absolute Gasteiger partial charge is 0.338 e. The van der Waals surface area contributed by atoms with Crippen molar-refractivity contribution in [2.75, 3.05) is 7.11 Å². The van der Waals surface area contributed by atoms with Crippen molar-refractivity contribution in [2.45, 2.75) is 23.6 Å². The quantitative estimate of drug-likeness (QED) is 0.418. The average molecular weight is 386 g/mol. The van der Waals surface area contributed by atoms with Crippen LogP contribution in [-0.4, -0.2) is 18.1 Å². The lowest BCUT2D eigenvalue weighted by Crippen LogP contribution is -2.08. The summed E-state index contributed by atoms with van der Waals surface area (Å²) < 4.78 is 11.6. The number of nitrogens with zero attached hydrogens (tertiary/aromatic N) is 1. The highest BCUT2D eigenvalue weighted by atomic mass is 32.2. The van der Waals surface area contributed by atoms with E-state index in [1.165, 1.54) is 0 Å². The van der Waals surface area contributed by atoms with Crippen molar-refractivity contribution in [3.63, 3.8) is 0 Å². The molecular formula is C20H19NO3S2. The summed E-state index contributed by atoms with van der Waals surface area (Å²) in [5, 5.41) is 2.03. The Morgan fingerprint density at radius 1 is 1.15 bits per heavy atom. The highest BCUT2D eigenvalue weighted by Crippen LogP contribution is 2.27. The zero-order chi connectivity index (χ0) is 18.4. The molecule has 134 valence electrons. The van der Waals surface area contributed by atoms with Gasteiger partial charge in [0, 0.05) is 16.8 Å². The summed E-state index contributed by atoms with van der Waals surface area (Å²) in [6, 6.07) is 15.0. The second-order valence-electron chi connectivity index (χ2n) is 5.62. The molecule has 0 saturated carbocycles. The largest absolute Gasteiger partial charge is 0.497 e. The second kappa shape index (κ2) is 8.87. The van der Waals surface area contributed by atoms with Crippen molar-refractivity contribution in [3.8, 4) is 5.75 Å². The maximum absolute atomic E-state index is 12.5. The van der Waals surface area contributed by atoms with Gasteiger partial charge in [0.15, 0.2) is 0 Å². The van der Waals surface area contributed by atoms with Crippen molar-refractivity contribution < 1.29 is 14.3 Å². The van der Waals surface area contributed by atoms with Gasteiger partial charge in [-0.2, -0.15) is 0 Å². The van der Waals surface area contributed by atoms with Gasteiger partial charge in [-0.25, -0.2) is 9.78 Å². The summed E-state index contributed by atoms with van der Waals surface area (Å²) >= 11 is 3.25. The number of aromatic nitrogens is 1. The fourth-order valence-corrected chi connectivity index (χ4v) is 4.19. The van der Waals surface area contributed by atoms with E-state index >= 15 is 0 Å². The van der Waals surface area contributed by atoms with E-state index in [0.29, 0.717) is 11.3 Å². The number of esters is 1. The monoisotopic (exact) mass is 385 g/mol. The number of ether oxygens (including phenoxy) is 2. The Labute approximate surface area is 161 Å². The molecule has 0 spiro atoms. The first-order valence-electron chi connectivity index (χ1n) is 8.08. The topological polar surface area (TPSA) is 48.4 Å². The molecule has 0 fully saturated rings. The fraction of sp³-hybridized carbons (Fsp3) is 0.200. The van der Waals surface area contributed by atoms with Crippen LogP contribution in [0.1, 0.15) is 27.2 Å². The molecule has 1 aromatic heterocycles. The SMILES string of the molecule is COc1ccc(COC(=O)c2ccccc2CSc2nc(C)cs2)cc1. The normalized spacial score (nSPS) is 10.5. The van der Waals surface area contributed by atoms with Gasteiger partial charge in [-0.1, -0.05) is 42.1 Å². The number of thioether (sulfide) groups is 1. The summed E-state index contributed by atoms with van der Waals surface area (Å²) in [5.74, 6) is 1.15. The lowest BCUT2D eigenvalue weighted by Gasteiger charge is -2.09. The molecule has 0 aliphatic rings. The van der Waals surface area contributed by atoms with Crippen molar-refractivity contribution >= 4 is 29.1 Å².